The van der Waals surface area contributed by atoms with Crippen molar-refractivity contribution in [3.8, 4) is 33.8 Å². The summed E-state index contributed by atoms with van der Waals surface area (Å²) in [4.78, 5) is 2.34. The summed E-state index contributed by atoms with van der Waals surface area (Å²) in [5.41, 5.74) is 8.20. The van der Waals surface area contributed by atoms with E-state index in [0.29, 0.717) is 0 Å². The van der Waals surface area contributed by atoms with Crippen molar-refractivity contribution in [2.24, 2.45) is 0 Å². The Hall–Kier alpha value is -6.99. The molecule has 0 N–H and O–H groups in total. The average molecular weight is 773 g/mol. The maximum atomic E-state index is 6.74. The number of ether oxygens (including phenoxy) is 1. The Morgan fingerprint density at radius 2 is 0.759 bits per heavy atom. The van der Waals surface area contributed by atoms with Crippen LogP contribution in [0.5, 0.6) is 11.5 Å². The first-order valence-electron chi connectivity index (χ1n) is 19.9. The maximum Gasteiger partial charge on any atom is 0.188 e. The van der Waals surface area contributed by atoms with Crippen LogP contribution < -0.4 is 45.9 Å². The second kappa shape index (κ2) is 14.2. The number of nitrogens with zero attached hydrogens (tertiary/aromatic N) is 1. The number of benzene rings is 9. The van der Waals surface area contributed by atoms with E-state index in [2.05, 4.69) is 235 Å². The van der Waals surface area contributed by atoms with Gasteiger partial charge in [0.15, 0.2) is 16.9 Å². The van der Waals surface area contributed by atoms with E-state index in [4.69, 9.17) is 4.74 Å². The molecule has 1 radical (unpaired) electrons. The van der Waals surface area contributed by atoms with E-state index in [1.807, 2.05) is 0 Å². The molecule has 2 heterocycles. The third-order valence-electron chi connectivity index (χ3n) is 11.9. The Kier molecular flexibility index (Phi) is 8.39. The van der Waals surface area contributed by atoms with Crippen LogP contribution in [0.3, 0.4) is 0 Å². The molecule has 0 bridgehead atoms. The zero-order chi connectivity index (χ0) is 38.5. The van der Waals surface area contributed by atoms with Gasteiger partial charge in [0.1, 0.15) is 11.5 Å². The van der Waals surface area contributed by atoms with Gasteiger partial charge in [-0.25, -0.2) is 0 Å². The van der Waals surface area contributed by atoms with Crippen molar-refractivity contribution in [3.05, 3.63) is 231 Å². The molecule has 0 amide bonds. The van der Waals surface area contributed by atoms with Crippen molar-refractivity contribution >= 4 is 70.2 Å². The van der Waals surface area contributed by atoms with Crippen molar-refractivity contribution in [2.45, 2.75) is 0 Å². The predicted octanol–water partition coefficient (Wildman–Crippen LogP) is 8.80. The molecule has 0 saturated heterocycles. The number of hydrogen-bond acceptors (Lipinski definition) is 2. The number of anilines is 3. The van der Waals surface area contributed by atoms with Gasteiger partial charge in [0.25, 0.3) is 0 Å². The Bertz CT molecular complexity index is 2870. The van der Waals surface area contributed by atoms with Crippen LogP contribution in [0.4, 0.5) is 17.1 Å². The molecule has 9 aromatic carbocycles. The Morgan fingerprint density at radius 1 is 0.328 bits per heavy atom. The van der Waals surface area contributed by atoms with E-state index in [-0.39, 0.29) is 0 Å². The molecule has 0 saturated carbocycles. The van der Waals surface area contributed by atoms with E-state index in [9.17, 15) is 0 Å². The molecule has 58 heavy (non-hydrogen) atoms. The minimum atomic E-state index is -2.85. The first-order chi connectivity index (χ1) is 28.8. The van der Waals surface area contributed by atoms with Gasteiger partial charge in [-0.1, -0.05) is 198 Å². The monoisotopic (exact) mass is 772 g/mol. The topological polar surface area (TPSA) is 12.5 Å². The fraction of sp³-hybridized carbons (Fsp3) is 0. The minimum Gasteiger partial charge on any atom is -0.458 e. The van der Waals surface area contributed by atoms with Crippen LogP contribution in [0.2, 0.25) is 0 Å². The van der Waals surface area contributed by atoms with Crippen molar-refractivity contribution in [2.75, 3.05) is 4.90 Å². The van der Waals surface area contributed by atoms with E-state index in [1.165, 1.54) is 58.6 Å². The molecule has 9 aromatic rings. The molecular weight excluding hydrogens is 735 g/mol. The van der Waals surface area contributed by atoms with E-state index in [0.717, 1.165) is 28.6 Å². The highest BCUT2D eigenvalue weighted by Crippen LogP contribution is 2.37. The molecular formula is C54H38NOSi2. The predicted molar refractivity (Wildman–Crippen MR) is 247 cm³/mol. The number of hydrogen-bond donors (Lipinski definition) is 0. The molecule has 273 valence electrons. The van der Waals surface area contributed by atoms with Crippen molar-refractivity contribution < 1.29 is 4.74 Å². The highest BCUT2D eigenvalue weighted by atomic mass is 28.3. The molecule has 0 aliphatic carbocycles. The summed E-state index contributed by atoms with van der Waals surface area (Å²) in [5, 5.41) is 9.96. The van der Waals surface area contributed by atoms with Gasteiger partial charge >= 0.3 is 0 Å². The molecule has 4 heteroatoms. The van der Waals surface area contributed by atoms with Gasteiger partial charge in [-0.2, -0.15) is 0 Å². The lowest BCUT2D eigenvalue weighted by Gasteiger charge is -2.45. The maximum absolute atomic E-state index is 6.74. The SMILES string of the molecule is c1ccc(-c2ccc(N(c3ccccc3)c3ccc(-c4ccc5c(c4)[Si]4(c6ccccc6Oc6ccccc64)c4ccccc4[Si]5c4ccccc4)cc3)cc2)cc1. The molecule has 2 aliphatic heterocycles. The fourth-order valence-corrected chi connectivity index (χ4v) is 19.0. The summed E-state index contributed by atoms with van der Waals surface area (Å²) in [5.74, 6) is 1.94. The molecule has 1 spiro atoms. The Morgan fingerprint density at radius 3 is 1.38 bits per heavy atom. The van der Waals surface area contributed by atoms with Crippen LogP contribution >= 0.6 is 0 Å². The van der Waals surface area contributed by atoms with Gasteiger partial charge in [-0.15, -0.1) is 0 Å². The smallest absolute Gasteiger partial charge is 0.188 e. The number of fused-ring (bicyclic) bond motifs is 8. The summed E-state index contributed by atoms with van der Waals surface area (Å²) >= 11 is 0. The quantitative estimate of drug-likeness (QED) is 0.157. The first-order valence-corrected chi connectivity index (χ1v) is 23.4. The van der Waals surface area contributed by atoms with Crippen molar-refractivity contribution in [3.63, 3.8) is 0 Å². The van der Waals surface area contributed by atoms with Crippen LogP contribution in [0.1, 0.15) is 0 Å². The first kappa shape index (κ1) is 34.3. The molecule has 0 unspecified atom stereocenters. The average Bonchev–Trinajstić information content (AvgIpc) is 3.30. The third kappa shape index (κ3) is 5.52. The lowest BCUT2D eigenvalue weighted by molar-refractivity contribution is 0.487. The molecule has 11 rings (SSSR count). The molecule has 0 atom stereocenters. The summed E-state index contributed by atoms with van der Waals surface area (Å²) in [6.45, 7) is 0. The second-order valence-corrected chi connectivity index (χ2v) is 21.1. The molecule has 2 aliphatic rings. The largest absolute Gasteiger partial charge is 0.458 e. The second-order valence-electron chi connectivity index (χ2n) is 15.0. The zero-order valence-electron chi connectivity index (χ0n) is 31.8. The van der Waals surface area contributed by atoms with Crippen LogP contribution in [-0.4, -0.2) is 16.9 Å². The Balaban J connectivity index is 1.08. The zero-order valence-corrected chi connectivity index (χ0v) is 33.8. The van der Waals surface area contributed by atoms with E-state index >= 15 is 0 Å². The molecule has 0 aromatic heterocycles. The molecule has 0 fully saturated rings. The summed E-state index contributed by atoms with van der Waals surface area (Å²) in [6.07, 6.45) is 0. The minimum absolute atomic E-state index is 0.969. The standard InChI is InChI=1S/C54H38NOSi2/c1-4-16-39(17-5-1)40-28-33-44(34-29-40)55(43-18-6-2-7-19-43)45-35-30-41(31-36-45)42-32-37-50-54(38-42)58(51-25-13-10-22-47(51)56-48-23-11-14-26-52(48)58)53-27-15-12-24-49(53)57(50)46-20-8-3-9-21-46/h1-38H. The van der Waals surface area contributed by atoms with Crippen molar-refractivity contribution in [1.29, 1.82) is 0 Å². The van der Waals surface area contributed by atoms with Crippen LogP contribution in [0.15, 0.2) is 231 Å². The summed E-state index contributed by atoms with van der Waals surface area (Å²) in [6, 6.07) is 84.8. The lowest BCUT2D eigenvalue weighted by atomic mass is 10.0. The molecule has 2 nitrogen and oxygen atoms in total. The van der Waals surface area contributed by atoms with Gasteiger partial charge in [-0.05, 0) is 91.5 Å². The van der Waals surface area contributed by atoms with E-state index in [1.54, 1.807) is 0 Å². The van der Waals surface area contributed by atoms with Gasteiger partial charge in [0.2, 0.25) is 0 Å². The van der Waals surface area contributed by atoms with Crippen LogP contribution in [0, 0.1) is 0 Å². The fourth-order valence-electron chi connectivity index (χ4n) is 9.32. The lowest BCUT2D eigenvalue weighted by Crippen LogP contribution is -2.87. The highest BCUT2D eigenvalue weighted by molar-refractivity contribution is 7.27. The number of rotatable bonds is 6. The summed E-state index contributed by atoms with van der Waals surface area (Å²) in [7, 11) is -4.17. The van der Waals surface area contributed by atoms with Crippen LogP contribution in [0.25, 0.3) is 22.3 Å². The van der Waals surface area contributed by atoms with E-state index < -0.39 is 16.9 Å². The van der Waals surface area contributed by atoms with Crippen LogP contribution in [-0.2, 0) is 0 Å². The highest BCUT2D eigenvalue weighted by Gasteiger charge is 2.53. The van der Waals surface area contributed by atoms with Gasteiger partial charge < -0.3 is 9.64 Å². The van der Waals surface area contributed by atoms with Gasteiger partial charge in [0.05, 0.1) is 0 Å². The third-order valence-corrected chi connectivity index (χ3v) is 20.1. The Labute approximate surface area is 342 Å². The van der Waals surface area contributed by atoms with Crippen molar-refractivity contribution in [1.82, 2.24) is 0 Å². The van der Waals surface area contributed by atoms with Gasteiger partial charge in [-0.3, -0.25) is 0 Å². The summed E-state index contributed by atoms with van der Waals surface area (Å²) < 4.78 is 6.74. The normalized spacial score (nSPS) is 13.4. The number of para-hydroxylation sites is 3. The van der Waals surface area contributed by atoms with Gasteiger partial charge in [0, 0.05) is 17.1 Å².